The second kappa shape index (κ2) is 12.8. The standard InChI is InChI=1S/C31H31FN6O4S2/c32-23-10-8-22(9-11-23)29-26(21-38(35-29)24-6-2-1-3-7-24)30(39)34-31(43)33-27-20-25(12-13-28(27)36-14-4-5-15-36)44(40,41)37-16-18-42-19-17-37/h1-3,6-13,20-21H,4-5,14-19H2,(H2,33,34,39,43). The molecule has 2 aliphatic heterocycles. The fraction of sp³-hybridized carbons (Fsp3) is 0.258. The van der Waals surface area contributed by atoms with Gasteiger partial charge in [0.2, 0.25) is 10.0 Å². The highest BCUT2D eigenvalue weighted by molar-refractivity contribution is 7.89. The molecule has 0 aliphatic carbocycles. The molecule has 3 heterocycles. The van der Waals surface area contributed by atoms with Crippen LogP contribution in [0.4, 0.5) is 15.8 Å². The fourth-order valence-electron chi connectivity index (χ4n) is 5.34. The zero-order chi connectivity index (χ0) is 30.7. The zero-order valence-corrected chi connectivity index (χ0v) is 25.4. The van der Waals surface area contributed by atoms with Crippen LogP contribution in [0.5, 0.6) is 0 Å². The number of hydrogen-bond acceptors (Lipinski definition) is 7. The summed E-state index contributed by atoms with van der Waals surface area (Å²) < 4.78 is 48.9. The SMILES string of the molecule is O=C(NC(=S)Nc1cc(S(=O)(=O)N2CCOCC2)ccc1N1CCCC1)c1cn(-c2ccccc2)nc1-c1ccc(F)cc1. The molecule has 0 atom stereocenters. The fourth-order valence-corrected chi connectivity index (χ4v) is 6.98. The first-order chi connectivity index (χ1) is 21.3. The molecule has 10 nitrogen and oxygen atoms in total. The van der Waals surface area contributed by atoms with E-state index in [2.05, 4.69) is 20.6 Å². The molecule has 2 fully saturated rings. The third-order valence-corrected chi connectivity index (χ3v) is 9.69. The average Bonchev–Trinajstić information content (AvgIpc) is 3.74. The predicted molar refractivity (Wildman–Crippen MR) is 170 cm³/mol. The van der Waals surface area contributed by atoms with Crippen molar-refractivity contribution in [1.82, 2.24) is 19.4 Å². The number of nitrogens with one attached hydrogen (secondary N) is 2. The van der Waals surface area contributed by atoms with Crippen molar-refractivity contribution < 1.29 is 22.3 Å². The van der Waals surface area contributed by atoms with Crippen molar-refractivity contribution >= 4 is 44.6 Å². The minimum atomic E-state index is -3.76. The van der Waals surface area contributed by atoms with Crippen molar-refractivity contribution in [2.45, 2.75) is 17.7 Å². The second-order valence-electron chi connectivity index (χ2n) is 10.5. The van der Waals surface area contributed by atoms with Crippen LogP contribution >= 0.6 is 12.2 Å². The molecule has 3 aromatic carbocycles. The maximum absolute atomic E-state index is 13.7. The molecule has 4 aromatic rings. The lowest BCUT2D eigenvalue weighted by molar-refractivity contribution is 0.0730. The monoisotopic (exact) mass is 634 g/mol. The Balaban J connectivity index is 1.28. The molecule has 0 bridgehead atoms. The molecule has 0 radical (unpaired) electrons. The van der Waals surface area contributed by atoms with Gasteiger partial charge in [-0.3, -0.25) is 10.1 Å². The molecular formula is C31H31FN6O4S2. The highest BCUT2D eigenvalue weighted by Crippen LogP contribution is 2.33. The summed E-state index contributed by atoms with van der Waals surface area (Å²) in [5.74, 6) is -0.928. The number of morpholine rings is 1. The van der Waals surface area contributed by atoms with Gasteiger partial charge in [0.15, 0.2) is 5.11 Å². The molecule has 228 valence electrons. The molecule has 0 unspecified atom stereocenters. The summed E-state index contributed by atoms with van der Waals surface area (Å²) in [5.41, 5.74) is 3.15. The first-order valence-corrected chi connectivity index (χ1v) is 16.1. The number of anilines is 2. The molecule has 2 saturated heterocycles. The van der Waals surface area contributed by atoms with E-state index in [0.717, 1.165) is 37.3 Å². The van der Waals surface area contributed by atoms with Crippen LogP contribution < -0.4 is 15.5 Å². The Morgan fingerprint density at radius 2 is 1.64 bits per heavy atom. The zero-order valence-electron chi connectivity index (χ0n) is 23.8. The van der Waals surface area contributed by atoms with E-state index in [1.165, 1.54) is 16.4 Å². The Kier molecular flexibility index (Phi) is 8.71. The lowest BCUT2D eigenvalue weighted by Gasteiger charge is -2.27. The molecule has 1 amide bonds. The number of hydrogen-bond donors (Lipinski definition) is 2. The average molecular weight is 635 g/mol. The topological polar surface area (TPSA) is 109 Å². The lowest BCUT2D eigenvalue weighted by Crippen LogP contribution is -2.40. The van der Waals surface area contributed by atoms with E-state index in [4.69, 9.17) is 17.0 Å². The largest absolute Gasteiger partial charge is 0.379 e. The van der Waals surface area contributed by atoms with Gasteiger partial charge in [-0.05, 0) is 79.7 Å². The Bertz CT molecular complexity index is 1770. The predicted octanol–water partition coefficient (Wildman–Crippen LogP) is 4.43. The number of nitrogens with zero attached hydrogens (tertiary/aromatic N) is 4. The van der Waals surface area contributed by atoms with Crippen LogP contribution in [0, 0.1) is 5.82 Å². The maximum atomic E-state index is 13.7. The minimum absolute atomic E-state index is 0.00566. The van der Waals surface area contributed by atoms with Gasteiger partial charge in [0, 0.05) is 37.9 Å². The lowest BCUT2D eigenvalue weighted by atomic mass is 10.1. The Hall–Kier alpha value is -4.17. The highest BCUT2D eigenvalue weighted by Gasteiger charge is 2.28. The van der Waals surface area contributed by atoms with E-state index in [1.54, 1.807) is 41.2 Å². The van der Waals surface area contributed by atoms with Gasteiger partial charge in [-0.15, -0.1) is 0 Å². The number of ether oxygens (including phenoxy) is 1. The number of carbonyl (C=O) groups is 1. The van der Waals surface area contributed by atoms with Crippen LogP contribution in [0.15, 0.2) is 83.9 Å². The number of aromatic nitrogens is 2. The van der Waals surface area contributed by atoms with E-state index < -0.39 is 21.7 Å². The van der Waals surface area contributed by atoms with E-state index in [1.807, 2.05) is 30.3 Å². The molecule has 2 N–H and O–H groups in total. The molecule has 44 heavy (non-hydrogen) atoms. The number of para-hydroxylation sites is 1. The van der Waals surface area contributed by atoms with Crippen molar-refractivity contribution in [3.63, 3.8) is 0 Å². The van der Waals surface area contributed by atoms with Gasteiger partial charge in [-0.25, -0.2) is 17.5 Å². The Morgan fingerprint density at radius 3 is 2.34 bits per heavy atom. The van der Waals surface area contributed by atoms with Gasteiger partial charge in [0.25, 0.3) is 5.91 Å². The molecule has 2 aliphatic rings. The normalized spacial score (nSPS) is 15.7. The molecular weight excluding hydrogens is 604 g/mol. The summed E-state index contributed by atoms with van der Waals surface area (Å²) in [7, 11) is -3.76. The van der Waals surface area contributed by atoms with Gasteiger partial charge in [0.1, 0.15) is 11.5 Å². The maximum Gasteiger partial charge on any atom is 0.261 e. The van der Waals surface area contributed by atoms with Gasteiger partial charge >= 0.3 is 0 Å². The van der Waals surface area contributed by atoms with Crippen LogP contribution in [0.3, 0.4) is 0 Å². The molecule has 0 saturated carbocycles. The molecule has 1 aromatic heterocycles. The van der Waals surface area contributed by atoms with E-state index in [9.17, 15) is 17.6 Å². The Labute approximate surface area is 260 Å². The first-order valence-electron chi connectivity index (χ1n) is 14.3. The van der Waals surface area contributed by atoms with Crippen molar-refractivity contribution in [2.24, 2.45) is 0 Å². The van der Waals surface area contributed by atoms with Crippen molar-refractivity contribution in [3.8, 4) is 16.9 Å². The van der Waals surface area contributed by atoms with Crippen LogP contribution in [-0.4, -0.2) is 72.9 Å². The van der Waals surface area contributed by atoms with Gasteiger partial charge in [-0.1, -0.05) is 18.2 Å². The van der Waals surface area contributed by atoms with E-state index in [-0.39, 0.29) is 28.7 Å². The van der Waals surface area contributed by atoms with Crippen molar-refractivity contribution in [1.29, 1.82) is 0 Å². The Morgan fingerprint density at radius 1 is 0.932 bits per heavy atom. The second-order valence-corrected chi connectivity index (χ2v) is 12.8. The summed E-state index contributed by atoms with van der Waals surface area (Å²) in [6.45, 7) is 2.88. The third-order valence-electron chi connectivity index (χ3n) is 7.60. The van der Waals surface area contributed by atoms with Crippen LogP contribution in [-0.2, 0) is 14.8 Å². The number of amides is 1. The van der Waals surface area contributed by atoms with Crippen LogP contribution in [0.25, 0.3) is 16.9 Å². The van der Waals surface area contributed by atoms with E-state index >= 15 is 0 Å². The number of sulfonamides is 1. The number of thiocarbonyl (C=S) groups is 1. The minimum Gasteiger partial charge on any atom is -0.379 e. The van der Waals surface area contributed by atoms with E-state index in [0.29, 0.717) is 30.2 Å². The molecule has 0 spiro atoms. The van der Waals surface area contributed by atoms with Gasteiger partial charge in [-0.2, -0.15) is 9.40 Å². The smallest absolute Gasteiger partial charge is 0.261 e. The molecule has 13 heteroatoms. The highest BCUT2D eigenvalue weighted by atomic mass is 32.2. The first kappa shape index (κ1) is 29.9. The molecule has 6 rings (SSSR count). The van der Waals surface area contributed by atoms with Crippen molar-refractivity contribution in [2.75, 3.05) is 49.6 Å². The summed E-state index contributed by atoms with van der Waals surface area (Å²) >= 11 is 5.57. The number of benzene rings is 3. The summed E-state index contributed by atoms with van der Waals surface area (Å²) in [6, 6.07) is 20.0. The quantitative estimate of drug-likeness (QED) is 0.288. The number of carbonyl (C=O) groups excluding carboxylic acids is 1. The van der Waals surface area contributed by atoms with Crippen LogP contribution in [0.2, 0.25) is 0 Å². The van der Waals surface area contributed by atoms with Crippen LogP contribution in [0.1, 0.15) is 23.2 Å². The van der Waals surface area contributed by atoms with Crippen molar-refractivity contribution in [3.05, 3.63) is 90.4 Å². The van der Waals surface area contributed by atoms with Gasteiger partial charge < -0.3 is 15.0 Å². The summed E-state index contributed by atoms with van der Waals surface area (Å²) in [5, 5.41) is 10.4. The number of halogens is 1. The van der Waals surface area contributed by atoms with Gasteiger partial charge in [0.05, 0.1) is 40.7 Å². The third kappa shape index (κ3) is 6.36. The number of rotatable bonds is 7. The summed E-state index contributed by atoms with van der Waals surface area (Å²) in [4.78, 5) is 15.9. The summed E-state index contributed by atoms with van der Waals surface area (Å²) in [6.07, 6.45) is 3.63.